The third-order valence-corrected chi connectivity index (χ3v) is 7.32. The Morgan fingerprint density at radius 3 is 2.58 bits per heavy atom. The van der Waals surface area contributed by atoms with Gasteiger partial charge in [-0.3, -0.25) is 9.69 Å². The summed E-state index contributed by atoms with van der Waals surface area (Å²) in [6.07, 6.45) is -5.72. The van der Waals surface area contributed by atoms with Gasteiger partial charge in [0.15, 0.2) is 11.7 Å². The van der Waals surface area contributed by atoms with Crippen LogP contribution in [0.25, 0.3) is 10.6 Å². The Bertz CT molecular complexity index is 1220. The third-order valence-electron chi connectivity index (χ3n) is 5.46. The number of hydrogen-bond donors (Lipinski definition) is 3. The van der Waals surface area contributed by atoms with Gasteiger partial charge in [0.2, 0.25) is 5.91 Å². The normalized spacial score (nSPS) is 17.9. The monoisotopic (exact) mass is 542 g/mol. The van der Waals surface area contributed by atoms with E-state index in [1.165, 1.54) is 0 Å². The molecule has 1 saturated heterocycles. The zero-order valence-corrected chi connectivity index (χ0v) is 20.2. The highest BCUT2D eigenvalue weighted by Gasteiger charge is 2.42. The number of rotatable bonds is 7. The fraction of sp³-hybridized carbons (Fsp3) is 0.364. The minimum Gasteiger partial charge on any atom is -0.440 e. The molecular formula is C22H21F3N4O5S2. The number of halogens is 3. The van der Waals surface area contributed by atoms with Crippen molar-refractivity contribution < 1.29 is 37.7 Å². The lowest BCUT2D eigenvalue weighted by atomic mass is 9.96. The number of aromatic nitrogens is 2. The van der Waals surface area contributed by atoms with E-state index in [0.717, 1.165) is 33.1 Å². The van der Waals surface area contributed by atoms with Gasteiger partial charge in [-0.15, -0.1) is 22.7 Å². The van der Waals surface area contributed by atoms with Crippen LogP contribution in [0.1, 0.15) is 28.6 Å². The number of hydrogen-bond acceptors (Lipinski definition) is 9. The summed E-state index contributed by atoms with van der Waals surface area (Å²) in [4.78, 5) is 35.6. The van der Waals surface area contributed by atoms with Crippen LogP contribution in [-0.4, -0.2) is 62.5 Å². The number of nitrogens with one attached hydrogen (secondary N) is 1. The Labute approximate surface area is 211 Å². The van der Waals surface area contributed by atoms with Gasteiger partial charge in [-0.25, -0.2) is 14.8 Å². The average Bonchev–Trinajstić information content (AvgIpc) is 3.60. The zero-order chi connectivity index (χ0) is 25.9. The van der Waals surface area contributed by atoms with Crippen LogP contribution < -0.4 is 5.32 Å². The molecular weight excluding hydrogens is 521 g/mol. The number of aliphatic hydroxyl groups is 2. The molecule has 3 heterocycles. The SMILES string of the molecule is O=C(Nc1nc(-c2sc(CO)nc2CO)cs1)[C@@H]1C[C@@H](c2ccccc2)CN1C(=O)OCC(F)(F)F. The van der Waals surface area contributed by atoms with E-state index in [2.05, 4.69) is 20.0 Å². The van der Waals surface area contributed by atoms with Crippen LogP contribution in [0, 0.1) is 0 Å². The molecule has 36 heavy (non-hydrogen) atoms. The van der Waals surface area contributed by atoms with Crippen molar-refractivity contribution in [2.75, 3.05) is 18.5 Å². The lowest BCUT2D eigenvalue weighted by Crippen LogP contribution is -2.44. The van der Waals surface area contributed by atoms with E-state index >= 15 is 0 Å². The minimum atomic E-state index is -4.69. The van der Waals surface area contributed by atoms with E-state index in [0.29, 0.717) is 21.3 Å². The first-order valence-corrected chi connectivity index (χ1v) is 12.4. The maximum atomic E-state index is 13.1. The lowest BCUT2D eigenvalue weighted by molar-refractivity contribution is -0.162. The molecule has 1 aliphatic rings. The summed E-state index contributed by atoms with van der Waals surface area (Å²) in [5, 5.41) is 23.7. The largest absolute Gasteiger partial charge is 0.440 e. The first-order chi connectivity index (χ1) is 17.2. The van der Waals surface area contributed by atoms with Gasteiger partial charge in [0.05, 0.1) is 29.5 Å². The van der Waals surface area contributed by atoms with Crippen LogP contribution in [0.5, 0.6) is 0 Å². The van der Waals surface area contributed by atoms with Crippen molar-refractivity contribution in [1.29, 1.82) is 0 Å². The molecule has 2 atom stereocenters. The van der Waals surface area contributed by atoms with Gasteiger partial charge in [0.1, 0.15) is 11.0 Å². The number of alkyl halides is 3. The maximum absolute atomic E-state index is 13.1. The van der Waals surface area contributed by atoms with Gasteiger partial charge in [-0.2, -0.15) is 13.2 Å². The second-order valence-corrected chi connectivity index (χ2v) is 9.85. The molecule has 0 radical (unpaired) electrons. The van der Waals surface area contributed by atoms with Crippen molar-refractivity contribution in [2.45, 2.75) is 37.8 Å². The van der Waals surface area contributed by atoms with E-state index in [1.54, 1.807) is 17.5 Å². The van der Waals surface area contributed by atoms with Crippen molar-refractivity contribution in [3.63, 3.8) is 0 Å². The summed E-state index contributed by atoms with van der Waals surface area (Å²) in [7, 11) is 0. The van der Waals surface area contributed by atoms with E-state index in [-0.39, 0.29) is 37.2 Å². The number of thiazole rings is 2. The Kier molecular flexibility index (Phi) is 7.88. The zero-order valence-electron chi connectivity index (χ0n) is 18.6. The highest BCUT2D eigenvalue weighted by atomic mass is 32.1. The van der Waals surface area contributed by atoms with Crippen molar-refractivity contribution >= 4 is 39.8 Å². The Balaban J connectivity index is 1.51. The molecule has 4 rings (SSSR count). The summed E-state index contributed by atoms with van der Waals surface area (Å²) >= 11 is 2.25. The molecule has 1 aromatic carbocycles. The number of carbonyl (C=O) groups is 2. The van der Waals surface area contributed by atoms with E-state index < -0.39 is 30.8 Å². The van der Waals surface area contributed by atoms with Gasteiger partial charge < -0.3 is 20.3 Å². The number of aliphatic hydroxyl groups excluding tert-OH is 2. The second-order valence-electron chi connectivity index (χ2n) is 7.91. The summed E-state index contributed by atoms with van der Waals surface area (Å²) in [5.74, 6) is -0.880. The van der Waals surface area contributed by atoms with Crippen molar-refractivity contribution in [1.82, 2.24) is 14.9 Å². The topological polar surface area (TPSA) is 125 Å². The van der Waals surface area contributed by atoms with Crippen LogP contribution in [0.3, 0.4) is 0 Å². The molecule has 0 unspecified atom stereocenters. The Morgan fingerprint density at radius 2 is 1.92 bits per heavy atom. The van der Waals surface area contributed by atoms with E-state index in [4.69, 9.17) is 0 Å². The molecule has 1 aliphatic heterocycles. The molecule has 2 amide bonds. The van der Waals surface area contributed by atoms with Crippen LogP contribution >= 0.6 is 22.7 Å². The number of anilines is 1. The fourth-order valence-electron chi connectivity index (χ4n) is 3.88. The molecule has 192 valence electrons. The molecule has 1 fully saturated rings. The van der Waals surface area contributed by atoms with Crippen molar-refractivity contribution in [2.24, 2.45) is 0 Å². The maximum Gasteiger partial charge on any atom is 0.422 e. The Morgan fingerprint density at radius 1 is 1.17 bits per heavy atom. The van der Waals surface area contributed by atoms with Gasteiger partial charge in [-0.05, 0) is 12.0 Å². The first kappa shape index (κ1) is 26.0. The minimum absolute atomic E-state index is 0.0204. The van der Waals surface area contributed by atoms with Crippen LogP contribution in [0.15, 0.2) is 35.7 Å². The van der Waals surface area contributed by atoms with Crippen molar-refractivity contribution in [3.05, 3.63) is 52.0 Å². The number of ether oxygens (including phenoxy) is 1. The molecule has 3 N–H and O–H groups in total. The van der Waals surface area contributed by atoms with Gasteiger partial charge in [0.25, 0.3) is 0 Å². The average molecular weight is 543 g/mol. The standard InChI is InChI=1S/C22H21F3N4O5S2/c23-22(24,25)11-34-21(33)29-7-13(12-4-2-1-3-5-12)6-16(29)19(32)28-20-27-15(10-35-20)18-14(8-30)26-17(9-31)36-18/h1-5,10,13,16,30-31H,6-9,11H2,(H,27,28,32)/t13-,16+/m1/s1. The molecule has 3 aromatic rings. The van der Waals surface area contributed by atoms with Crippen LogP contribution in [0.2, 0.25) is 0 Å². The van der Waals surface area contributed by atoms with Crippen LogP contribution in [0.4, 0.5) is 23.1 Å². The summed E-state index contributed by atoms with van der Waals surface area (Å²) in [5.41, 5.74) is 1.62. The number of carbonyl (C=O) groups excluding carboxylic acids is 2. The highest BCUT2D eigenvalue weighted by molar-refractivity contribution is 7.17. The number of benzene rings is 1. The quantitative estimate of drug-likeness (QED) is 0.415. The van der Waals surface area contributed by atoms with Crippen LogP contribution in [-0.2, 0) is 22.7 Å². The highest BCUT2D eigenvalue weighted by Crippen LogP contribution is 2.35. The number of likely N-dealkylation sites (tertiary alicyclic amines) is 1. The molecule has 14 heteroatoms. The molecule has 9 nitrogen and oxygen atoms in total. The summed E-state index contributed by atoms with van der Waals surface area (Å²) in [6.45, 7) is -2.38. The third kappa shape index (κ3) is 6.00. The van der Waals surface area contributed by atoms with Gasteiger partial charge in [0, 0.05) is 17.8 Å². The number of amides is 2. The van der Waals surface area contributed by atoms with Gasteiger partial charge >= 0.3 is 12.3 Å². The van der Waals surface area contributed by atoms with E-state index in [1.807, 2.05) is 18.2 Å². The molecule has 0 spiro atoms. The number of nitrogens with zero attached hydrogens (tertiary/aromatic N) is 3. The Hall–Kier alpha value is -3.07. The first-order valence-electron chi connectivity index (χ1n) is 10.7. The van der Waals surface area contributed by atoms with Crippen molar-refractivity contribution in [3.8, 4) is 10.6 Å². The molecule has 2 aromatic heterocycles. The fourth-order valence-corrected chi connectivity index (χ4v) is 5.55. The predicted octanol–water partition coefficient (Wildman–Crippen LogP) is 3.75. The molecule has 0 aliphatic carbocycles. The second kappa shape index (κ2) is 10.9. The smallest absolute Gasteiger partial charge is 0.422 e. The molecule has 0 bridgehead atoms. The predicted molar refractivity (Wildman–Crippen MR) is 125 cm³/mol. The summed E-state index contributed by atoms with van der Waals surface area (Å²) < 4.78 is 42.2. The molecule has 0 saturated carbocycles. The van der Waals surface area contributed by atoms with Gasteiger partial charge in [-0.1, -0.05) is 30.3 Å². The van der Waals surface area contributed by atoms with E-state index in [9.17, 15) is 33.0 Å². The summed E-state index contributed by atoms with van der Waals surface area (Å²) in [6, 6.07) is 7.99. The lowest BCUT2D eigenvalue weighted by Gasteiger charge is -2.23.